The number of hydrogen-bond acceptors (Lipinski definition) is 4. The molecule has 7 heteroatoms. The lowest BCUT2D eigenvalue weighted by Crippen LogP contribution is -2.26. The van der Waals surface area contributed by atoms with Gasteiger partial charge >= 0.3 is 5.97 Å². The molecule has 0 heterocycles. The lowest BCUT2D eigenvalue weighted by Gasteiger charge is -2.12. The average molecular weight is 299 g/mol. The van der Waals surface area contributed by atoms with E-state index < -0.39 is 22.4 Å². The first kappa shape index (κ1) is 16.2. The third-order valence-electron chi connectivity index (χ3n) is 2.46. The van der Waals surface area contributed by atoms with Crippen LogP contribution in [0.4, 0.5) is 0 Å². The highest BCUT2D eigenvalue weighted by molar-refractivity contribution is 7.89. The molecule has 1 aromatic rings. The maximum absolute atomic E-state index is 12.2. The van der Waals surface area contributed by atoms with E-state index in [1.807, 2.05) is 0 Å². The van der Waals surface area contributed by atoms with Crippen LogP contribution in [0.2, 0.25) is 0 Å². The van der Waals surface area contributed by atoms with Crippen molar-refractivity contribution in [2.75, 3.05) is 13.7 Å². The van der Waals surface area contributed by atoms with E-state index in [-0.39, 0.29) is 17.0 Å². The molecule has 110 valence electrons. The topological polar surface area (TPSA) is 92.7 Å². The molecule has 2 N–H and O–H groups in total. The van der Waals surface area contributed by atoms with Gasteiger partial charge in [0.05, 0.1) is 18.4 Å². The quantitative estimate of drug-likeness (QED) is 0.737. The second-order valence-electron chi connectivity index (χ2n) is 4.33. The van der Waals surface area contributed by atoms with Crippen molar-refractivity contribution in [3.05, 3.63) is 35.9 Å². The van der Waals surface area contributed by atoms with E-state index in [2.05, 4.69) is 11.3 Å². The smallest absolute Gasteiger partial charge is 0.307 e. The van der Waals surface area contributed by atoms with Gasteiger partial charge in [-0.3, -0.25) is 4.79 Å². The van der Waals surface area contributed by atoms with Crippen LogP contribution in [0.5, 0.6) is 5.75 Å². The van der Waals surface area contributed by atoms with Crippen LogP contribution in [0.3, 0.4) is 0 Å². The Balaban J connectivity index is 3.21. The minimum atomic E-state index is -3.79. The molecular weight excluding hydrogens is 282 g/mol. The zero-order valence-corrected chi connectivity index (χ0v) is 12.2. The second-order valence-corrected chi connectivity index (χ2v) is 6.06. The van der Waals surface area contributed by atoms with Crippen molar-refractivity contribution in [3.63, 3.8) is 0 Å². The molecule has 0 aliphatic heterocycles. The zero-order chi connectivity index (χ0) is 15.3. The van der Waals surface area contributed by atoms with Crippen molar-refractivity contribution >= 4 is 16.0 Å². The summed E-state index contributed by atoms with van der Waals surface area (Å²) in [5.41, 5.74) is 0.827. The maximum Gasteiger partial charge on any atom is 0.307 e. The normalized spacial score (nSPS) is 11.1. The van der Waals surface area contributed by atoms with E-state index in [0.29, 0.717) is 11.3 Å². The van der Waals surface area contributed by atoms with Crippen LogP contribution in [0.25, 0.3) is 0 Å². The van der Waals surface area contributed by atoms with Crippen LogP contribution in [0, 0.1) is 0 Å². The third-order valence-corrected chi connectivity index (χ3v) is 3.96. The Morgan fingerprint density at radius 2 is 2.10 bits per heavy atom. The fraction of sp³-hybridized carbons (Fsp3) is 0.308. The standard InChI is InChI=1S/C13H17NO5S/c1-9(2)8-14-20(17,18)12-5-4-11(19-3)6-10(12)7-13(15)16/h4-6,14H,1,7-8H2,2-3H3,(H,15,16). The Morgan fingerprint density at radius 3 is 2.60 bits per heavy atom. The Kier molecular flexibility index (Phi) is 5.29. The maximum atomic E-state index is 12.2. The van der Waals surface area contributed by atoms with Crippen molar-refractivity contribution in [2.24, 2.45) is 0 Å². The second kappa shape index (κ2) is 6.53. The Hall–Kier alpha value is -1.86. The number of rotatable bonds is 7. The molecule has 0 amide bonds. The molecule has 0 bridgehead atoms. The number of carboxylic acid groups (broad SMARTS) is 1. The summed E-state index contributed by atoms with van der Waals surface area (Å²) in [6, 6.07) is 4.21. The number of carbonyl (C=O) groups is 1. The van der Waals surface area contributed by atoms with Crippen LogP contribution < -0.4 is 9.46 Å². The molecule has 0 spiro atoms. The SMILES string of the molecule is C=C(C)CNS(=O)(=O)c1ccc(OC)cc1CC(=O)O. The van der Waals surface area contributed by atoms with Gasteiger partial charge in [-0.15, -0.1) is 0 Å². The van der Waals surface area contributed by atoms with E-state index in [1.165, 1.54) is 25.3 Å². The summed E-state index contributed by atoms with van der Waals surface area (Å²) in [6.45, 7) is 5.40. The minimum absolute atomic E-state index is 0.0676. The molecule has 0 aliphatic carbocycles. The summed E-state index contributed by atoms with van der Waals surface area (Å²) in [7, 11) is -2.36. The average Bonchev–Trinajstić information content (AvgIpc) is 2.35. The van der Waals surface area contributed by atoms with Crippen molar-refractivity contribution in [3.8, 4) is 5.75 Å². The molecular formula is C13H17NO5S. The van der Waals surface area contributed by atoms with Gasteiger partial charge < -0.3 is 9.84 Å². The first-order chi connectivity index (χ1) is 9.26. The summed E-state index contributed by atoms with van der Waals surface area (Å²) in [6.07, 6.45) is -0.402. The molecule has 6 nitrogen and oxygen atoms in total. The molecule has 0 aliphatic rings. The highest BCUT2D eigenvalue weighted by atomic mass is 32.2. The molecule has 0 aromatic heterocycles. The molecule has 0 fully saturated rings. The van der Waals surface area contributed by atoms with Gasteiger partial charge in [0, 0.05) is 6.54 Å². The molecule has 0 radical (unpaired) electrons. The molecule has 0 saturated heterocycles. The third kappa shape index (κ3) is 4.36. The van der Waals surface area contributed by atoms with Crippen molar-refractivity contribution in [1.29, 1.82) is 0 Å². The van der Waals surface area contributed by atoms with Gasteiger partial charge in [0.25, 0.3) is 0 Å². The summed E-state index contributed by atoms with van der Waals surface area (Å²) in [4.78, 5) is 10.8. The van der Waals surface area contributed by atoms with Gasteiger partial charge in [-0.2, -0.15) is 0 Å². The lowest BCUT2D eigenvalue weighted by molar-refractivity contribution is -0.136. The number of methoxy groups -OCH3 is 1. The van der Waals surface area contributed by atoms with Gasteiger partial charge in [-0.25, -0.2) is 13.1 Å². The lowest BCUT2D eigenvalue weighted by atomic mass is 10.1. The highest BCUT2D eigenvalue weighted by Gasteiger charge is 2.20. The number of nitrogens with one attached hydrogen (secondary N) is 1. The Bertz CT molecular complexity index is 622. The zero-order valence-electron chi connectivity index (χ0n) is 11.3. The first-order valence-electron chi connectivity index (χ1n) is 5.79. The molecule has 20 heavy (non-hydrogen) atoms. The van der Waals surface area contributed by atoms with Crippen molar-refractivity contribution < 1.29 is 23.1 Å². The predicted octanol–water partition coefficient (Wildman–Crippen LogP) is 1.18. The van der Waals surface area contributed by atoms with Gasteiger partial charge in [0.15, 0.2) is 0 Å². The fourth-order valence-corrected chi connectivity index (χ4v) is 2.86. The van der Waals surface area contributed by atoms with E-state index in [4.69, 9.17) is 9.84 Å². The predicted molar refractivity (Wildman–Crippen MR) is 74.3 cm³/mol. The van der Waals surface area contributed by atoms with E-state index in [1.54, 1.807) is 6.92 Å². The van der Waals surface area contributed by atoms with Crippen molar-refractivity contribution in [2.45, 2.75) is 18.2 Å². The number of sulfonamides is 1. The van der Waals surface area contributed by atoms with Gasteiger partial charge in [-0.05, 0) is 30.7 Å². The van der Waals surface area contributed by atoms with Gasteiger partial charge in [-0.1, -0.05) is 12.2 Å². The van der Waals surface area contributed by atoms with Gasteiger partial charge in [0.1, 0.15) is 5.75 Å². The first-order valence-corrected chi connectivity index (χ1v) is 7.27. The van der Waals surface area contributed by atoms with Crippen LogP contribution in [0.15, 0.2) is 35.2 Å². The van der Waals surface area contributed by atoms with Crippen molar-refractivity contribution in [1.82, 2.24) is 4.72 Å². The summed E-state index contributed by atoms with van der Waals surface area (Å²) in [5.74, 6) is -0.713. The summed E-state index contributed by atoms with van der Waals surface area (Å²) < 4.78 is 31.6. The molecule has 1 rings (SSSR count). The largest absolute Gasteiger partial charge is 0.497 e. The van der Waals surface area contributed by atoms with E-state index in [9.17, 15) is 13.2 Å². The summed E-state index contributed by atoms with van der Waals surface area (Å²) >= 11 is 0. The number of hydrogen-bond donors (Lipinski definition) is 2. The minimum Gasteiger partial charge on any atom is -0.497 e. The fourth-order valence-electron chi connectivity index (χ4n) is 1.54. The van der Waals surface area contributed by atoms with Crippen LogP contribution in [-0.2, 0) is 21.2 Å². The molecule has 1 aromatic carbocycles. The number of aliphatic carboxylic acids is 1. The summed E-state index contributed by atoms with van der Waals surface area (Å²) in [5, 5.41) is 8.87. The van der Waals surface area contributed by atoms with Gasteiger partial charge in [0.2, 0.25) is 10.0 Å². The molecule has 0 saturated carbocycles. The number of ether oxygens (including phenoxy) is 1. The van der Waals surface area contributed by atoms with E-state index >= 15 is 0 Å². The molecule has 0 unspecified atom stereocenters. The highest BCUT2D eigenvalue weighted by Crippen LogP contribution is 2.22. The van der Waals surface area contributed by atoms with Crippen LogP contribution >= 0.6 is 0 Å². The Labute approximate surface area is 118 Å². The van der Waals surface area contributed by atoms with Crippen LogP contribution in [0.1, 0.15) is 12.5 Å². The van der Waals surface area contributed by atoms with Crippen LogP contribution in [-0.4, -0.2) is 33.1 Å². The number of carboxylic acids is 1. The molecule has 0 atom stereocenters. The monoisotopic (exact) mass is 299 g/mol. The number of benzene rings is 1. The Morgan fingerprint density at radius 1 is 1.45 bits per heavy atom. The van der Waals surface area contributed by atoms with E-state index in [0.717, 1.165) is 0 Å².